The molecule has 0 radical (unpaired) electrons. The second kappa shape index (κ2) is 6.08. The molecular formula is C17H23N3O2. The van der Waals surface area contributed by atoms with Crippen LogP contribution in [-0.4, -0.2) is 24.4 Å². The van der Waals surface area contributed by atoms with Crippen LogP contribution in [0.15, 0.2) is 24.3 Å². The molecule has 1 atom stereocenters. The number of carbonyl (C=O) groups is 2. The van der Waals surface area contributed by atoms with Crippen LogP contribution in [-0.2, 0) is 9.59 Å². The van der Waals surface area contributed by atoms with Gasteiger partial charge < -0.3 is 16.0 Å². The van der Waals surface area contributed by atoms with Gasteiger partial charge in [-0.2, -0.15) is 0 Å². The van der Waals surface area contributed by atoms with E-state index >= 15 is 0 Å². The third-order valence-electron chi connectivity index (χ3n) is 4.66. The van der Waals surface area contributed by atoms with Gasteiger partial charge in [-0.25, -0.2) is 0 Å². The van der Waals surface area contributed by atoms with E-state index in [-0.39, 0.29) is 29.8 Å². The summed E-state index contributed by atoms with van der Waals surface area (Å²) in [7, 11) is 0. The molecule has 2 amide bonds. The summed E-state index contributed by atoms with van der Waals surface area (Å²) in [4.78, 5) is 25.8. The molecule has 2 fully saturated rings. The number of hydrogen-bond acceptors (Lipinski definition) is 3. The average molecular weight is 301 g/mol. The van der Waals surface area contributed by atoms with E-state index in [0.29, 0.717) is 6.42 Å². The standard InChI is InChI=1S/C17H23N3O2/c1-11(19-17(22)13-8-14(18)9-13)12-4-2-5-15(10-12)20-7-3-6-16(20)21/h2,4-5,10-11,13-14H,3,6-9,18H2,1H3,(H,19,22). The summed E-state index contributed by atoms with van der Waals surface area (Å²) in [5.74, 6) is 0.315. The van der Waals surface area contributed by atoms with Gasteiger partial charge in [0.1, 0.15) is 0 Å². The van der Waals surface area contributed by atoms with Gasteiger partial charge in [-0.3, -0.25) is 9.59 Å². The monoisotopic (exact) mass is 301 g/mol. The number of benzene rings is 1. The van der Waals surface area contributed by atoms with Crippen molar-refractivity contribution >= 4 is 17.5 Å². The minimum Gasteiger partial charge on any atom is -0.349 e. The second-order valence-electron chi connectivity index (χ2n) is 6.40. The minimum atomic E-state index is -0.0676. The van der Waals surface area contributed by atoms with Crippen molar-refractivity contribution in [3.8, 4) is 0 Å². The molecule has 0 bridgehead atoms. The Balaban J connectivity index is 1.66. The summed E-state index contributed by atoms with van der Waals surface area (Å²) in [5, 5.41) is 3.05. The maximum Gasteiger partial charge on any atom is 0.227 e. The van der Waals surface area contributed by atoms with Crippen LogP contribution in [0.25, 0.3) is 0 Å². The van der Waals surface area contributed by atoms with Gasteiger partial charge in [-0.1, -0.05) is 12.1 Å². The Bertz CT molecular complexity index is 581. The molecule has 3 rings (SSSR count). The second-order valence-corrected chi connectivity index (χ2v) is 6.40. The molecule has 0 aromatic heterocycles. The van der Waals surface area contributed by atoms with Gasteiger partial charge in [0, 0.05) is 30.6 Å². The maximum absolute atomic E-state index is 12.1. The first-order valence-electron chi connectivity index (χ1n) is 8.01. The Morgan fingerprint density at radius 3 is 2.82 bits per heavy atom. The topological polar surface area (TPSA) is 75.4 Å². The zero-order valence-corrected chi connectivity index (χ0v) is 12.9. The largest absolute Gasteiger partial charge is 0.349 e. The summed E-state index contributed by atoms with van der Waals surface area (Å²) in [6.45, 7) is 2.75. The molecule has 1 aliphatic heterocycles. The van der Waals surface area contributed by atoms with Gasteiger partial charge in [0.15, 0.2) is 0 Å². The fraction of sp³-hybridized carbons (Fsp3) is 0.529. The number of anilines is 1. The fourth-order valence-corrected chi connectivity index (χ4v) is 3.17. The molecule has 1 unspecified atom stereocenters. The SMILES string of the molecule is CC(NC(=O)C1CC(N)C1)c1cccc(N2CCCC2=O)c1. The normalized spacial score (nSPS) is 25.7. The van der Waals surface area contributed by atoms with Crippen molar-refractivity contribution in [3.63, 3.8) is 0 Å². The number of rotatable bonds is 4. The van der Waals surface area contributed by atoms with Crippen molar-refractivity contribution in [2.75, 3.05) is 11.4 Å². The predicted octanol–water partition coefficient (Wildman–Crippen LogP) is 1.73. The number of nitrogens with one attached hydrogen (secondary N) is 1. The van der Waals surface area contributed by atoms with Crippen LogP contribution in [0.3, 0.4) is 0 Å². The van der Waals surface area contributed by atoms with Gasteiger partial charge in [-0.15, -0.1) is 0 Å². The first kappa shape index (κ1) is 15.0. The lowest BCUT2D eigenvalue weighted by molar-refractivity contribution is -0.128. The van der Waals surface area contributed by atoms with E-state index in [4.69, 9.17) is 5.73 Å². The van der Waals surface area contributed by atoms with E-state index in [1.807, 2.05) is 36.1 Å². The molecule has 1 aromatic rings. The summed E-state index contributed by atoms with van der Waals surface area (Å²) in [5.41, 5.74) is 7.68. The van der Waals surface area contributed by atoms with Crippen LogP contribution in [0, 0.1) is 5.92 Å². The highest BCUT2D eigenvalue weighted by Gasteiger charge is 2.32. The van der Waals surface area contributed by atoms with Gasteiger partial charge >= 0.3 is 0 Å². The van der Waals surface area contributed by atoms with Crippen molar-refractivity contribution in [2.45, 2.75) is 44.7 Å². The van der Waals surface area contributed by atoms with Gasteiger partial charge in [0.05, 0.1) is 6.04 Å². The van der Waals surface area contributed by atoms with Crippen LogP contribution in [0.2, 0.25) is 0 Å². The predicted molar refractivity (Wildman–Crippen MR) is 85.3 cm³/mol. The molecule has 1 aromatic carbocycles. The van der Waals surface area contributed by atoms with Gasteiger partial charge in [0.2, 0.25) is 11.8 Å². The highest BCUT2D eigenvalue weighted by atomic mass is 16.2. The van der Waals surface area contributed by atoms with Crippen molar-refractivity contribution < 1.29 is 9.59 Å². The minimum absolute atomic E-state index is 0.0563. The highest BCUT2D eigenvalue weighted by Crippen LogP contribution is 2.28. The highest BCUT2D eigenvalue weighted by molar-refractivity contribution is 5.95. The van der Waals surface area contributed by atoms with E-state index in [0.717, 1.165) is 37.1 Å². The molecule has 5 nitrogen and oxygen atoms in total. The first-order chi connectivity index (χ1) is 10.5. The molecule has 0 spiro atoms. The van der Waals surface area contributed by atoms with E-state index in [1.165, 1.54) is 0 Å². The number of hydrogen-bond donors (Lipinski definition) is 2. The lowest BCUT2D eigenvalue weighted by Gasteiger charge is -2.32. The summed E-state index contributed by atoms with van der Waals surface area (Å²) in [6.07, 6.45) is 3.09. The lowest BCUT2D eigenvalue weighted by atomic mass is 9.80. The number of nitrogens with zero attached hydrogens (tertiary/aromatic N) is 1. The molecule has 3 N–H and O–H groups in total. The molecule has 5 heteroatoms. The van der Waals surface area contributed by atoms with Crippen LogP contribution < -0.4 is 16.0 Å². The number of nitrogens with two attached hydrogens (primary N) is 1. The fourth-order valence-electron chi connectivity index (χ4n) is 3.17. The molecule has 118 valence electrons. The lowest BCUT2D eigenvalue weighted by Crippen LogP contribution is -2.45. The summed E-state index contributed by atoms with van der Waals surface area (Å²) in [6, 6.07) is 7.99. The van der Waals surface area contributed by atoms with E-state index in [1.54, 1.807) is 0 Å². The van der Waals surface area contributed by atoms with Gasteiger partial charge in [-0.05, 0) is 43.9 Å². The third kappa shape index (κ3) is 2.99. The molecule has 1 aliphatic carbocycles. The Labute approximate surface area is 130 Å². The van der Waals surface area contributed by atoms with Crippen molar-refractivity contribution in [1.82, 2.24) is 5.32 Å². The molecule has 22 heavy (non-hydrogen) atoms. The third-order valence-corrected chi connectivity index (χ3v) is 4.66. The first-order valence-corrected chi connectivity index (χ1v) is 8.01. The van der Waals surface area contributed by atoms with Gasteiger partial charge in [0.25, 0.3) is 0 Å². The van der Waals surface area contributed by atoms with Crippen molar-refractivity contribution in [1.29, 1.82) is 0 Å². The van der Waals surface area contributed by atoms with Crippen molar-refractivity contribution in [2.24, 2.45) is 11.7 Å². The zero-order chi connectivity index (χ0) is 15.7. The van der Waals surface area contributed by atoms with E-state index < -0.39 is 0 Å². The number of carbonyl (C=O) groups excluding carboxylic acids is 2. The Hall–Kier alpha value is -1.88. The molecule has 1 saturated carbocycles. The zero-order valence-electron chi connectivity index (χ0n) is 12.9. The Morgan fingerprint density at radius 2 is 2.18 bits per heavy atom. The molecule has 1 heterocycles. The maximum atomic E-state index is 12.1. The summed E-state index contributed by atoms with van der Waals surface area (Å²) >= 11 is 0. The van der Waals surface area contributed by atoms with Crippen LogP contribution in [0.1, 0.15) is 44.2 Å². The Kier molecular flexibility index (Phi) is 4.16. The molecular weight excluding hydrogens is 278 g/mol. The van der Waals surface area contributed by atoms with E-state index in [2.05, 4.69) is 5.32 Å². The van der Waals surface area contributed by atoms with Crippen molar-refractivity contribution in [3.05, 3.63) is 29.8 Å². The van der Waals surface area contributed by atoms with Crippen LogP contribution in [0.5, 0.6) is 0 Å². The van der Waals surface area contributed by atoms with E-state index in [9.17, 15) is 9.59 Å². The number of amides is 2. The summed E-state index contributed by atoms with van der Waals surface area (Å²) < 4.78 is 0. The average Bonchev–Trinajstić information content (AvgIpc) is 2.90. The quantitative estimate of drug-likeness (QED) is 0.889. The van der Waals surface area contributed by atoms with Crippen LogP contribution >= 0.6 is 0 Å². The van der Waals surface area contributed by atoms with Crippen LogP contribution in [0.4, 0.5) is 5.69 Å². The smallest absolute Gasteiger partial charge is 0.227 e. The molecule has 2 aliphatic rings. The Morgan fingerprint density at radius 1 is 1.41 bits per heavy atom. The molecule has 1 saturated heterocycles.